The fraction of sp³-hybridized carbons (Fsp3) is 0.368. The van der Waals surface area contributed by atoms with Crippen molar-refractivity contribution in [2.24, 2.45) is 0 Å². The van der Waals surface area contributed by atoms with E-state index in [1.54, 1.807) is 6.07 Å². The molecule has 0 heterocycles. The fourth-order valence-corrected chi connectivity index (χ4v) is 3.70. The molecule has 1 aliphatic rings. The van der Waals surface area contributed by atoms with Crippen LogP contribution < -0.4 is 4.72 Å². The Kier molecular flexibility index (Phi) is 4.74. The lowest BCUT2D eigenvalue weighted by Crippen LogP contribution is -2.13. The van der Waals surface area contributed by atoms with Gasteiger partial charge in [-0.15, -0.1) is 0 Å². The molecule has 0 aromatic heterocycles. The van der Waals surface area contributed by atoms with E-state index < -0.39 is 0 Å². The molecule has 0 saturated heterocycles. The van der Waals surface area contributed by atoms with Crippen molar-refractivity contribution in [1.29, 1.82) is 0 Å². The molecule has 1 atom stereocenters. The highest BCUT2D eigenvalue weighted by molar-refractivity contribution is 7.97. The first-order valence-electron chi connectivity index (χ1n) is 7.92. The quantitative estimate of drug-likeness (QED) is 0.790. The minimum absolute atomic E-state index is 0.341. The Hall–Kier alpha value is -1.45. The summed E-state index contributed by atoms with van der Waals surface area (Å²) in [4.78, 5) is 0. The van der Waals surface area contributed by atoms with Gasteiger partial charge in [-0.1, -0.05) is 56.1 Å². The summed E-state index contributed by atoms with van der Waals surface area (Å²) in [5, 5.41) is 10.2. The first kappa shape index (κ1) is 15.4. The Morgan fingerprint density at radius 3 is 2.77 bits per heavy atom. The van der Waals surface area contributed by atoms with Gasteiger partial charge in [0, 0.05) is 11.3 Å². The lowest BCUT2D eigenvalue weighted by molar-refractivity contribution is 0.474. The number of fused-ring (bicyclic) bond motifs is 1. The molecule has 2 aromatic carbocycles. The second-order valence-electron chi connectivity index (χ2n) is 6.26. The number of aryl methyl sites for hydroxylation is 1. The van der Waals surface area contributed by atoms with Gasteiger partial charge in [-0.3, -0.25) is 4.72 Å². The zero-order valence-electron chi connectivity index (χ0n) is 13.2. The molecule has 0 aliphatic heterocycles. The summed E-state index contributed by atoms with van der Waals surface area (Å²) in [6, 6.07) is 14.9. The third-order valence-corrected chi connectivity index (χ3v) is 4.94. The van der Waals surface area contributed by atoms with Crippen LogP contribution in [0.5, 0.6) is 5.75 Å². The van der Waals surface area contributed by atoms with Crippen LogP contribution in [-0.4, -0.2) is 10.4 Å². The standard InChI is InChI=1S/C19H23NOS/c1-13(2)22-20-19-9-7-16-11-15(6-8-18(16)19)10-14-4-3-5-17(21)12-14/h3-6,8,11-13,19-21H,7,9-10H2,1-2H3. The van der Waals surface area contributed by atoms with E-state index in [1.807, 2.05) is 24.1 Å². The lowest BCUT2D eigenvalue weighted by Gasteiger charge is -2.15. The van der Waals surface area contributed by atoms with E-state index >= 15 is 0 Å². The molecule has 22 heavy (non-hydrogen) atoms. The number of hydrogen-bond acceptors (Lipinski definition) is 3. The molecule has 3 heteroatoms. The average Bonchev–Trinajstić information content (AvgIpc) is 2.87. The predicted octanol–water partition coefficient (Wildman–Crippen LogP) is 4.62. The maximum atomic E-state index is 9.57. The van der Waals surface area contributed by atoms with E-state index in [9.17, 15) is 5.11 Å². The van der Waals surface area contributed by atoms with Crippen molar-refractivity contribution in [3.8, 4) is 5.75 Å². The van der Waals surface area contributed by atoms with E-state index in [4.69, 9.17) is 0 Å². The van der Waals surface area contributed by atoms with Crippen LogP contribution in [0.4, 0.5) is 0 Å². The zero-order valence-corrected chi connectivity index (χ0v) is 14.0. The Balaban J connectivity index is 1.72. The fourth-order valence-electron chi connectivity index (χ4n) is 3.02. The van der Waals surface area contributed by atoms with Crippen molar-refractivity contribution < 1.29 is 5.11 Å². The molecule has 0 saturated carbocycles. The highest BCUT2D eigenvalue weighted by Gasteiger charge is 2.22. The topological polar surface area (TPSA) is 32.3 Å². The molecular weight excluding hydrogens is 290 g/mol. The van der Waals surface area contributed by atoms with E-state index in [1.165, 1.54) is 23.1 Å². The second-order valence-corrected chi connectivity index (χ2v) is 7.67. The molecule has 2 aromatic rings. The van der Waals surface area contributed by atoms with Crippen LogP contribution in [0.25, 0.3) is 0 Å². The van der Waals surface area contributed by atoms with Crippen LogP contribution in [0.2, 0.25) is 0 Å². The van der Waals surface area contributed by atoms with Crippen molar-refractivity contribution in [3.05, 3.63) is 64.7 Å². The molecule has 0 fully saturated rings. The summed E-state index contributed by atoms with van der Waals surface area (Å²) in [5.41, 5.74) is 5.40. The highest BCUT2D eigenvalue weighted by Crippen LogP contribution is 2.34. The monoisotopic (exact) mass is 313 g/mol. The summed E-state index contributed by atoms with van der Waals surface area (Å²) >= 11 is 1.82. The van der Waals surface area contributed by atoms with Crippen molar-refractivity contribution in [2.45, 2.75) is 44.4 Å². The molecule has 0 bridgehead atoms. The summed E-state index contributed by atoms with van der Waals surface area (Å²) in [6.07, 6.45) is 3.21. The summed E-state index contributed by atoms with van der Waals surface area (Å²) in [5.74, 6) is 0.341. The Morgan fingerprint density at radius 1 is 1.18 bits per heavy atom. The van der Waals surface area contributed by atoms with Crippen LogP contribution in [0.1, 0.15) is 48.6 Å². The minimum atomic E-state index is 0.341. The number of hydrogen-bond donors (Lipinski definition) is 2. The zero-order chi connectivity index (χ0) is 15.5. The molecular formula is C19H23NOS. The lowest BCUT2D eigenvalue weighted by atomic mass is 10.00. The number of rotatable bonds is 5. The maximum Gasteiger partial charge on any atom is 0.115 e. The molecule has 0 spiro atoms. The minimum Gasteiger partial charge on any atom is -0.508 e. The van der Waals surface area contributed by atoms with Gasteiger partial charge in [0.2, 0.25) is 0 Å². The SMILES string of the molecule is CC(C)SNC1CCc2cc(Cc3cccc(O)c3)ccc21. The van der Waals surface area contributed by atoms with Crippen molar-refractivity contribution in [2.75, 3.05) is 0 Å². The van der Waals surface area contributed by atoms with Crippen molar-refractivity contribution in [3.63, 3.8) is 0 Å². The highest BCUT2D eigenvalue weighted by atomic mass is 32.2. The first-order valence-corrected chi connectivity index (χ1v) is 8.80. The molecule has 2 N–H and O–H groups in total. The molecule has 0 amide bonds. The molecule has 0 radical (unpaired) electrons. The van der Waals surface area contributed by atoms with Crippen molar-refractivity contribution in [1.82, 2.24) is 4.72 Å². The van der Waals surface area contributed by atoms with E-state index in [2.05, 4.69) is 42.8 Å². The van der Waals surface area contributed by atoms with Gasteiger partial charge in [-0.25, -0.2) is 0 Å². The van der Waals surface area contributed by atoms with Gasteiger partial charge in [-0.2, -0.15) is 0 Å². The van der Waals surface area contributed by atoms with Gasteiger partial charge < -0.3 is 5.11 Å². The number of nitrogens with one attached hydrogen (secondary N) is 1. The Bertz CT molecular complexity index is 654. The first-order chi connectivity index (χ1) is 10.6. The molecule has 3 rings (SSSR count). The second kappa shape index (κ2) is 6.76. The summed E-state index contributed by atoms with van der Waals surface area (Å²) in [7, 11) is 0. The van der Waals surface area contributed by atoms with E-state index in [0.717, 1.165) is 18.4 Å². The molecule has 1 unspecified atom stereocenters. The Labute approximate surface area is 137 Å². The summed E-state index contributed by atoms with van der Waals surface area (Å²) < 4.78 is 3.60. The van der Waals surface area contributed by atoms with Crippen molar-refractivity contribution >= 4 is 11.9 Å². The van der Waals surface area contributed by atoms with Gasteiger partial charge in [-0.05, 0) is 53.6 Å². The van der Waals surface area contributed by atoms with Crippen LogP contribution in [0.15, 0.2) is 42.5 Å². The Morgan fingerprint density at radius 2 is 2.00 bits per heavy atom. The number of aromatic hydroxyl groups is 1. The van der Waals surface area contributed by atoms with E-state index in [-0.39, 0.29) is 0 Å². The van der Waals surface area contributed by atoms with E-state index in [0.29, 0.717) is 17.0 Å². The summed E-state index contributed by atoms with van der Waals surface area (Å²) in [6.45, 7) is 4.43. The van der Waals surface area contributed by atoms with Gasteiger partial charge >= 0.3 is 0 Å². The smallest absolute Gasteiger partial charge is 0.115 e. The van der Waals surface area contributed by atoms with Crippen LogP contribution in [0, 0.1) is 0 Å². The molecule has 116 valence electrons. The maximum absolute atomic E-state index is 9.57. The van der Waals surface area contributed by atoms with Gasteiger partial charge in [0.25, 0.3) is 0 Å². The number of phenols is 1. The molecule has 1 aliphatic carbocycles. The number of phenolic OH excluding ortho intramolecular Hbond substituents is 1. The normalized spacial score (nSPS) is 17.0. The van der Waals surface area contributed by atoms with Gasteiger partial charge in [0.1, 0.15) is 5.75 Å². The number of benzene rings is 2. The third kappa shape index (κ3) is 3.65. The van der Waals surface area contributed by atoms with Crippen LogP contribution in [0.3, 0.4) is 0 Å². The van der Waals surface area contributed by atoms with Gasteiger partial charge in [0.15, 0.2) is 0 Å². The largest absolute Gasteiger partial charge is 0.508 e. The average molecular weight is 313 g/mol. The van der Waals surface area contributed by atoms with Crippen LogP contribution >= 0.6 is 11.9 Å². The third-order valence-electron chi connectivity index (χ3n) is 4.05. The van der Waals surface area contributed by atoms with Gasteiger partial charge in [0.05, 0.1) is 0 Å². The van der Waals surface area contributed by atoms with Crippen LogP contribution in [-0.2, 0) is 12.8 Å². The molecule has 2 nitrogen and oxygen atoms in total. The predicted molar refractivity (Wildman–Crippen MR) is 94.3 cm³/mol.